The van der Waals surface area contributed by atoms with Crippen molar-refractivity contribution in [2.75, 3.05) is 57.2 Å². The first-order valence-electron chi connectivity index (χ1n) is 13.9. The van der Waals surface area contributed by atoms with E-state index in [0.29, 0.717) is 23.9 Å². The molecule has 2 heterocycles. The number of amides is 2. The van der Waals surface area contributed by atoms with Gasteiger partial charge < -0.3 is 30.2 Å². The topological polar surface area (TPSA) is 110 Å². The molecule has 0 spiro atoms. The van der Waals surface area contributed by atoms with Gasteiger partial charge in [-0.05, 0) is 49.6 Å². The van der Waals surface area contributed by atoms with Gasteiger partial charge in [-0.3, -0.25) is 4.90 Å². The third-order valence-corrected chi connectivity index (χ3v) is 7.25. The van der Waals surface area contributed by atoms with Gasteiger partial charge in [0, 0.05) is 48.5 Å². The highest BCUT2D eigenvalue weighted by molar-refractivity contribution is 5.93. The highest BCUT2D eigenvalue weighted by Crippen LogP contribution is 2.35. The maximum absolute atomic E-state index is 12.4. The van der Waals surface area contributed by atoms with E-state index in [1.54, 1.807) is 7.11 Å². The van der Waals surface area contributed by atoms with Crippen LogP contribution in [-0.2, 0) is 4.74 Å². The van der Waals surface area contributed by atoms with Gasteiger partial charge in [0.15, 0.2) is 11.5 Å². The monoisotopic (exact) mass is 534 g/mol. The van der Waals surface area contributed by atoms with Crippen LogP contribution in [0.1, 0.15) is 38.5 Å². The van der Waals surface area contributed by atoms with Gasteiger partial charge in [-0.1, -0.05) is 19.3 Å². The fourth-order valence-electron chi connectivity index (χ4n) is 5.10. The van der Waals surface area contributed by atoms with Crippen LogP contribution >= 0.6 is 0 Å². The minimum atomic E-state index is -0.157. The number of aromatic nitrogens is 2. The Hall–Kier alpha value is -3.63. The summed E-state index contributed by atoms with van der Waals surface area (Å²) < 4.78 is 17.1. The van der Waals surface area contributed by atoms with Crippen LogP contribution in [0.5, 0.6) is 11.5 Å². The van der Waals surface area contributed by atoms with Gasteiger partial charge in [0.05, 0.1) is 32.4 Å². The minimum absolute atomic E-state index is 0.157. The van der Waals surface area contributed by atoms with Crippen LogP contribution in [-0.4, -0.2) is 73.5 Å². The Bertz CT molecular complexity index is 1230. The quantitative estimate of drug-likeness (QED) is 0.314. The molecule has 3 N–H and O–H groups in total. The molecule has 1 aliphatic heterocycles. The molecule has 2 aromatic carbocycles. The number of anilines is 3. The van der Waals surface area contributed by atoms with Crippen molar-refractivity contribution in [2.24, 2.45) is 0 Å². The van der Waals surface area contributed by atoms with Crippen molar-refractivity contribution in [1.29, 1.82) is 0 Å². The Balaban J connectivity index is 1.21. The number of carbonyl (C=O) groups is 1. The molecule has 2 amide bonds. The van der Waals surface area contributed by atoms with Gasteiger partial charge in [-0.15, -0.1) is 0 Å². The van der Waals surface area contributed by atoms with Gasteiger partial charge >= 0.3 is 6.03 Å². The number of urea groups is 1. The zero-order valence-electron chi connectivity index (χ0n) is 22.6. The third kappa shape index (κ3) is 7.48. The number of methoxy groups -OCH3 is 1. The molecule has 0 unspecified atom stereocenters. The molecule has 10 heteroatoms. The lowest BCUT2D eigenvalue weighted by atomic mass is 9.96. The van der Waals surface area contributed by atoms with Crippen molar-refractivity contribution in [3.05, 3.63) is 42.7 Å². The summed E-state index contributed by atoms with van der Waals surface area (Å²) in [4.78, 5) is 23.7. The van der Waals surface area contributed by atoms with Crippen molar-refractivity contribution in [3.8, 4) is 11.5 Å². The molecular formula is C29H38N6O4. The Labute approximate surface area is 229 Å². The van der Waals surface area contributed by atoms with Gasteiger partial charge in [-0.25, -0.2) is 14.8 Å². The van der Waals surface area contributed by atoms with Crippen molar-refractivity contribution in [3.63, 3.8) is 0 Å². The molecule has 10 nitrogen and oxygen atoms in total. The molecule has 2 fully saturated rings. The SMILES string of the molecule is COc1cc2ncnc(Nc3ccc(NC(=O)NC4CCCCC4)cc3)c2cc1OCCCN1CCOCC1. The van der Waals surface area contributed by atoms with E-state index in [0.717, 1.165) is 74.4 Å². The number of hydrogen-bond donors (Lipinski definition) is 3. The average molecular weight is 535 g/mol. The number of benzene rings is 2. The number of fused-ring (bicyclic) bond motifs is 1. The van der Waals surface area contributed by atoms with Gasteiger partial charge in [0.1, 0.15) is 12.1 Å². The summed E-state index contributed by atoms with van der Waals surface area (Å²) >= 11 is 0. The lowest BCUT2D eigenvalue weighted by molar-refractivity contribution is 0.0357. The first-order valence-corrected chi connectivity index (χ1v) is 13.9. The molecule has 5 rings (SSSR count). The number of nitrogens with zero attached hydrogens (tertiary/aromatic N) is 3. The van der Waals surface area contributed by atoms with E-state index < -0.39 is 0 Å². The summed E-state index contributed by atoms with van der Waals surface area (Å²) in [7, 11) is 1.63. The van der Waals surface area contributed by atoms with E-state index in [-0.39, 0.29) is 12.1 Å². The molecule has 0 radical (unpaired) electrons. The molecule has 0 atom stereocenters. The zero-order chi connectivity index (χ0) is 26.9. The molecule has 39 heavy (non-hydrogen) atoms. The second kappa shape index (κ2) is 13.4. The molecule has 208 valence electrons. The third-order valence-electron chi connectivity index (χ3n) is 7.25. The van der Waals surface area contributed by atoms with Crippen molar-refractivity contribution < 1.29 is 19.0 Å². The molecule has 1 aromatic heterocycles. The molecule has 0 bridgehead atoms. The lowest BCUT2D eigenvalue weighted by Crippen LogP contribution is -2.38. The first-order chi connectivity index (χ1) is 19.2. The van der Waals surface area contributed by atoms with Gasteiger partial charge in [-0.2, -0.15) is 0 Å². The van der Waals surface area contributed by atoms with E-state index in [2.05, 4.69) is 30.8 Å². The molecule has 3 aromatic rings. The summed E-state index contributed by atoms with van der Waals surface area (Å²) in [6.07, 6.45) is 8.16. The van der Waals surface area contributed by atoms with Crippen molar-refractivity contribution in [2.45, 2.75) is 44.6 Å². The van der Waals surface area contributed by atoms with Crippen LogP contribution < -0.4 is 25.4 Å². The molecule has 1 aliphatic carbocycles. The summed E-state index contributed by atoms with van der Waals surface area (Å²) in [6, 6.07) is 11.5. The highest BCUT2D eigenvalue weighted by Gasteiger charge is 2.16. The molecule has 1 saturated carbocycles. The molecule has 2 aliphatic rings. The second-order valence-electron chi connectivity index (χ2n) is 10.0. The smallest absolute Gasteiger partial charge is 0.319 e. The normalized spacial score (nSPS) is 16.5. The number of nitrogens with one attached hydrogen (secondary N) is 3. The Morgan fingerprint density at radius 1 is 1.03 bits per heavy atom. The first kappa shape index (κ1) is 27.0. The number of morpholine rings is 1. The van der Waals surface area contributed by atoms with Crippen LogP contribution in [0.25, 0.3) is 10.9 Å². The summed E-state index contributed by atoms with van der Waals surface area (Å²) in [5.74, 6) is 1.96. The standard InChI is InChI=1S/C29H38N6O4/c1-37-26-19-25-24(18-27(26)39-15-5-12-35-13-16-38-17-14-35)28(31-20-30-25)32-22-8-10-23(11-9-22)34-29(36)33-21-6-3-2-4-7-21/h8-11,18-21H,2-7,12-17H2,1H3,(H,30,31,32)(H2,33,34,36). The fourth-order valence-corrected chi connectivity index (χ4v) is 5.10. The average Bonchev–Trinajstić information content (AvgIpc) is 2.97. The summed E-state index contributed by atoms with van der Waals surface area (Å²) in [5, 5.41) is 10.2. The summed E-state index contributed by atoms with van der Waals surface area (Å²) in [6.45, 7) is 5.09. The van der Waals surface area contributed by atoms with Crippen LogP contribution in [0.4, 0.5) is 22.0 Å². The number of hydrogen-bond acceptors (Lipinski definition) is 8. The Morgan fingerprint density at radius 2 is 1.79 bits per heavy atom. The Kier molecular flexibility index (Phi) is 9.29. The van der Waals surface area contributed by atoms with Crippen LogP contribution in [0, 0.1) is 0 Å². The van der Waals surface area contributed by atoms with Crippen LogP contribution in [0.2, 0.25) is 0 Å². The number of carbonyl (C=O) groups excluding carboxylic acids is 1. The minimum Gasteiger partial charge on any atom is -0.493 e. The van der Waals surface area contributed by atoms with Crippen molar-refractivity contribution >= 4 is 34.1 Å². The predicted molar refractivity (Wildman–Crippen MR) is 152 cm³/mol. The van der Waals surface area contributed by atoms with E-state index in [9.17, 15) is 4.79 Å². The van der Waals surface area contributed by atoms with Crippen LogP contribution in [0.15, 0.2) is 42.7 Å². The van der Waals surface area contributed by atoms with E-state index in [4.69, 9.17) is 14.2 Å². The zero-order valence-corrected chi connectivity index (χ0v) is 22.6. The van der Waals surface area contributed by atoms with Gasteiger partial charge in [0.2, 0.25) is 0 Å². The van der Waals surface area contributed by atoms with Crippen molar-refractivity contribution in [1.82, 2.24) is 20.2 Å². The van der Waals surface area contributed by atoms with E-state index in [1.807, 2.05) is 36.4 Å². The number of rotatable bonds is 10. The summed E-state index contributed by atoms with van der Waals surface area (Å²) in [5.41, 5.74) is 2.33. The van der Waals surface area contributed by atoms with Crippen LogP contribution in [0.3, 0.4) is 0 Å². The lowest BCUT2D eigenvalue weighted by Gasteiger charge is -2.26. The van der Waals surface area contributed by atoms with E-state index in [1.165, 1.54) is 25.6 Å². The fraction of sp³-hybridized carbons (Fsp3) is 0.483. The maximum Gasteiger partial charge on any atom is 0.319 e. The molecule has 1 saturated heterocycles. The molecular weight excluding hydrogens is 496 g/mol. The van der Waals surface area contributed by atoms with E-state index >= 15 is 0 Å². The largest absolute Gasteiger partial charge is 0.493 e. The highest BCUT2D eigenvalue weighted by atomic mass is 16.5. The predicted octanol–water partition coefficient (Wildman–Crippen LogP) is 4.94. The Morgan fingerprint density at radius 3 is 2.56 bits per heavy atom. The van der Waals surface area contributed by atoms with Gasteiger partial charge in [0.25, 0.3) is 0 Å². The maximum atomic E-state index is 12.4. The number of ether oxygens (including phenoxy) is 3. The second-order valence-corrected chi connectivity index (χ2v) is 10.0.